The van der Waals surface area contributed by atoms with Crippen LogP contribution in [0.15, 0.2) is 24.3 Å². The molecule has 1 aromatic carbocycles. The predicted octanol–water partition coefficient (Wildman–Crippen LogP) is 2.50. The van der Waals surface area contributed by atoms with E-state index < -0.39 is 0 Å². The molecule has 2 N–H and O–H groups in total. The molecular formula is C16H25N3O. The summed E-state index contributed by atoms with van der Waals surface area (Å²) >= 11 is 0. The van der Waals surface area contributed by atoms with Crippen LogP contribution in [0.2, 0.25) is 0 Å². The molecular weight excluding hydrogens is 250 g/mol. The summed E-state index contributed by atoms with van der Waals surface area (Å²) in [6, 6.07) is 7.51. The number of hydrogen-bond acceptors (Lipinski definition) is 3. The molecule has 1 fully saturated rings. The van der Waals surface area contributed by atoms with E-state index >= 15 is 0 Å². The van der Waals surface area contributed by atoms with E-state index in [1.54, 1.807) is 0 Å². The third-order valence-electron chi connectivity index (χ3n) is 4.17. The maximum absolute atomic E-state index is 12.6. The Kier molecular flexibility index (Phi) is 4.88. The van der Waals surface area contributed by atoms with Gasteiger partial charge in [0.05, 0.1) is 11.4 Å². The molecule has 4 nitrogen and oxygen atoms in total. The summed E-state index contributed by atoms with van der Waals surface area (Å²) in [6.07, 6.45) is 4.71. The van der Waals surface area contributed by atoms with Gasteiger partial charge in [-0.25, -0.2) is 0 Å². The van der Waals surface area contributed by atoms with Crippen LogP contribution in [0.25, 0.3) is 0 Å². The zero-order chi connectivity index (χ0) is 14.5. The molecule has 1 saturated heterocycles. The number of nitrogens with zero attached hydrogens (tertiary/aromatic N) is 2. The van der Waals surface area contributed by atoms with Crippen molar-refractivity contribution >= 4 is 17.3 Å². The molecule has 0 bridgehead atoms. The lowest BCUT2D eigenvalue weighted by molar-refractivity contribution is -0.132. The fourth-order valence-electron chi connectivity index (χ4n) is 2.74. The van der Waals surface area contributed by atoms with Gasteiger partial charge in [-0.05, 0) is 31.9 Å². The van der Waals surface area contributed by atoms with Crippen LogP contribution in [0.4, 0.5) is 11.4 Å². The topological polar surface area (TPSA) is 49.6 Å². The largest absolute Gasteiger partial charge is 0.397 e. The Morgan fingerprint density at radius 3 is 2.40 bits per heavy atom. The van der Waals surface area contributed by atoms with Crippen molar-refractivity contribution in [1.82, 2.24) is 4.90 Å². The van der Waals surface area contributed by atoms with Gasteiger partial charge in [-0.15, -0.1) is 0 Å². The normalized spacial score (nSPS) is 17.4. The number of nitrogen functional groups attached to an aromatic ring is 1. The Balaban J connectivity index is 2.07. The zero-order valence-corrected chi connectivity index (χ0v) is 12.5. The van der Waals surface area contributed by atoms with Gasteiger partial charge in [0.2, 0.25) is 5.91 Å². The number of carbonyl (C=O) groups excluding carboxylic acids is 1. The molecule has 0 radical (unpaired) electrons. The van der Waals surface area contributed by atoms with Gasteiger partial charge in [0, 0.05) is 20.1 Å². The molecule has 1 unspecified atom stereocenters. The quantitative estimate of drug-likeness (QED) is 0.862. The van der Waals surface area contributed by atoms with Crippen LogP contribution in [0.3, 0.4) is 0 Å². The third kappa shape index (κ3) is 3.24. The molecule has 110 valence electrons. The van der Waals surface area contributed by atoms with Crippen molar-refractivity contribution in [2.45, 2.75) is 38.6 Å². The minimum atomic E-state index is -0.183. The van der Waals surface area contributed by atoms with Crippen LogP contribution in [-0.2, 0) is 4.79 Å². The number of amides is 1. The average molecular weight is 275 g/mol. The minimum absolute atomic E-state index is 0.183. The van der Waals surface area contributed by atoms with E-state index in [4.69, 9.17) is 5.73 Å². The SMILES string of the molecule is CC(C(=O)N1CCCCCC1)N(C)c1ccccc1N. The second kappa shape index (κ2) is 6.64. The molecule has 0 aromatic heterocycles. The first kappa shape index (κ1) is 14.7. The number of likely N-dealkylation sites (tertiary alicyclic amines) is 1. The number of anilines is 2. The van der Waals surface area contributed by atoms with Crippen molar-refractivity contribution in [3.8, 4) is 0 Å². The van der Waals surface area contributed by atoms with Crippen LogP contribution < -0.4 is 10.6 Å². The van der Waals surface area contributed by atoms with E-state index in [0.29, 0.717) is 5.69 Å². The summed E-state index contributed by atoms with van der Waals surface area (Å²) < 4.78 is 0. The Hall–Kier alpha value is -1.71. The van der Waals surface area contributed by atoms with Crippen molar-refractivity contribution in [3.63, 3.8) is 0 Å². The maximum Gasteiger partial charge on any atom is 0.244 e. The number of nitrogens with two attached hydrogens (primary N) is 1. The molecule has 1 heterocycles. The van der Waals surface area contributed by atoms with E-state index in [-0.39, 0.29) is 11.9 Å². The number of benzene rings is 1. The van der Waals surface area contributed by atoms with Crippen molar-refractivity contribution in [2.24, 2.45) is 0 Å². The third-order valence-corrected chi connectivity index (χ3v) is 4.17. The maximum atomic E-state index is 12.6. The summed E-state index contributed by atoms with van der Waals surface area (Å²) in [5.74, 6) is 0.206. The number of hydrogen-bond donors (Lipinski definition) is 1. The summed E-state index contributed by atoms with van der Waals surface area (Å²) in [5.41, 5.74) is 7.63. The number of likely N-dealkylation sites (N-methyl/N-ethyl adjacent to an activating group) is 1. The summed E-state index contributed by atoms with van der Waals surface area (Å²) in [4.78, 5) is 16.6. The highest BCUT2D eigenvalue weighted by molar-refractivity contribution is 5.86. The number of para-hydroxylation sites is 2. The molecule has 20 heavy (non-hydrogen) atoms. The van der Waals surface area contributed by atoms with Crippen LogP contribution in [-0.4, -0.2) is 37.0 Å². The first-order chi connectivity index (χ1) is 9.61. The molecule has 1 aliphatic heterocycles. The monoisotopic (exact) mass is 275 g/mol. The van der Waals surface area contributed by atoms with Crippen molar-refractivity contribution < 1.29 is 4.79 Å². The van der Waals surface area contributed by atoms with Gasteiger partial charge >= 0.3 is 0 Å². The summed E-state index contributed by atoms with van der Waals surface area (Å²) in [5, 5.41) is 0. The first-order valence-corrected chi connectivity index (χ1v) is 7.47. The highest BCUT2D eigenvalue weighted by Gasteiger charge is 2.25. The highest BCUT2D eigenvalue weighted by atomic mass is 16.2. The van der Waals surface area contributed by atoms with Gasteiger partial charge in [0.15, 0.2) is 0 Å². The molecule has 0 spiro atoms. The molecule has 1 aromatic rings. The molecule has 1 atom stereocenters. The summed E-state index contributed by atoms with van der Waals surface area (Å²) in [7, 11) is 1.94. The van der Waals surface area contributed by atoms with Gasteiger partial charge in [0.1, 0.15) is 6.04 Å². The molecule has 1 amide bonds. The lowest BCUT2D eigenvalue weighted by Crippen LogP contribution is -2.46. The Morgan fingerprint density at radius 1 is 1.20 bits per heavy atom. The average Bonchev–Trinajstić information content (AvgIpc) is 2.74. The standard InChI is InChI=1S/C16H25N3O/c1-13(16(20)19-11-7-3-4-8-12-19)18(2)15-10-6-5-9-14(15)17/h5-6,9-10,13H,3-4,7-8,11-12,17H2,1-2H3. The lowest BCUT2D eigenvalue weighted by atomic mass is 10.2. The fraction of sp³-hybridized carbons (Fsp3) is 0.562. The van der Waals surface area contributed by atoms with Crippen molar-refractivity contribution in [1.29, 1.82) is 0 Å². The molecule has 1 aliphatic rings. The van der Waals surface area contributed by atoms with Crippen LogP contribution in [0.5, 0.6) is 0 Å². The minimum Gasteiger partial charge on any atom is -0.397 e. The van der Waals surface area contributed by atoms with Gasteiger partial charge in [-0.2, -0.15) is 0 Å². The van der Waals surface area contributed by atoms with Crippen LogP contribution in [0.1, 0.15) is 32.6 Å². The van der Waals surface area contributed by atoms with E-state index in [0.717, 1.165) is 31.6 Å². The fourth-order valence-corrected chi connectivity index (χ4v) is 2.74. The van der Waals surface area contributed by atoms with E-state index in [1.807, 2.05) is 48.0 Å². The van der Waals surface area contributed by atoms with Gasteiger partial charge < -0.3 is 15.5 Å². The van der Waals surface area contributed by atoms with Gasteiger partial charge in [-0.1, -0.05) is 25.0 Å². The second-order valence-corrected chi connectivity index (χ2v) is 5.59. The summed E-state index contributed by atoms with van der Waals surface area (Å²) in [6.45, 7) is 3.74. The molecule has 0 aliphatic carbocycles. The predicted molar refractivity (Wildman–Crippen MR) is 83.8 cm³/mol. The van der Waals surface area contributed by atoms with Gasteiger partial charge in [-0.3, -0.25) is 4.79 Å². The first-order valence-electron chi connectivity index (χ1n) is 7.47. The van der Waals surface area contributed by atoms with E-state index in [9.17, 15) is 4.79 Å². The Bertz CT molecular complexity index is 453. The van der Waals surface area contributed by atoms with E-state index in [2.05, 4.69) is 0 Å². The van der Waals surface area contributed by atoms with Crippen LogP contribution >= 0.6 is 0 Å². The van der Waals surface area contributed by atoms with Crippen LogP contribution in [0, 0.1) is 0 Å². The highest BCUT2D eigenvalue weighted by Crippen LogP contribution is 2.24. The van der Waals surface area contributed by atoms with Gasteiger partial charge in [0.25, 0.3) is 0 Å². The second-order valence-electron chi connectivity index (χ2n) is 5.59. The molecule has 4 heteroatoms. The lowest BCUT2D eigenvalue weighted by Gasteiger charge is -2.31. The molecule has 0 saturated carbocycles. The molecule has 2 rings (SSSR count). The zero-order valence-electron chi connectivity index (χ0n) is 12.5. The Labute approximate surface area is 121 Å². The smallest absolute Gasteiger partial charge is 0.244 e. The Morgan fingerprint density at radius 2 is 1.80 bits per heavy atom. The van der Waals surface area contributed by atoms with E-state index in [1.165, 1.54) is 12.8 Å². The van der Waals surface area contributed by atoms with Crippen molar-refractivity contribution in [3.05, 3.63) is 24.3 Å². The number of rotatable bonds is 3. The number of carbonyl (C=O) groups is 1. The van der Waals surface area contributed by atoms with Crippen molar-refractivity contribution in [2.75, 3.05) is 30.8 Å².